The minimum atomic E-state index is -0.954. The number of anilines is 1. The number of thiazole rings is 1. The smallest absolute Gasteiger partial charge is 0.338 e. The van der Waals surface area contributed by atoms with Gasteiger partial charge < -0.3 is 9.47 Å². The lowest BCUT2D eigenvalue weighted by Gasteiger charge is -2.15. The molecular weight excluding hydrogens is 498 g/mol. The number of nitrogens with one attached hydrogen (secondary N) is 1. The number of nitrogens with zero attached hydrogens (tertiary/aromatic N) is 4. The first-order valence-electron chi connectivity index (χ1n) is 11.1. The lowest BCUT2D eigenvalue weighted by Crippen LogP contribution is -2.32. The van der Waals surface area contributed by atoms with E-state index in [9.17, 15) is 9.59 Å². The number of benzene rings is 2. The zero-order valence-electron chi connectivity index (χ0n) is 20.2. The number of carbonyl (C=O) groups excluding carboxylic acids is 2. The molecule has 0 aliphatic heterocycles. The number of ether oxygens (including phenoxy) is 2. The van der Waals surface area contributed by atoms with Crippen LogP contribution in [-0.4, -0.2) is 51.1 Å². The van der Waals surface area contributed by atoms with Crippen LogP contribution in [0.15, 0.2) is 59.1 Å². The average molecular weight is 524 g/mol. The number of amides is 1. The Hall–Kier alpha value is -3.70. The third kappa shape index (κ3) is 5.58. The first kappa shape index (κ1) is 25.4. The van der Waals surface area contributed by atoms with Crippen molar-refractivity contribution < 1.29 is 19.1 Å². The molecule has 186 valence electrons. The molecule has 2 aromatic carbocycles. The fraction of sp³-hybridized carbons (Fsp3) is 0.240. The maximum atomic E-state index is 12.8. The number of hydrogen-bond donors (Lipinski definition) is 1. The van der Waals surface area contributed by atoms with Crippen molar-refractivity contribution in [3.63, 3.8) is 0 Å². The van der Waals surface area contributed by atoms with E-state index in [2.05, 4.69) is 20.5 Å². The quantitative estimate of drug-likeness (QED) is 0.241. The van der Waals surface area contributed by atoms with Crippen LogP contribution in [-0.2, 0) is 9.53 Å². The van der Waals surface area contributed by atoms with E-state index in [1.54, 1.807) is 38.3 Å². The predicted molar refractivity (Wildman–Crippen MR) is 140 cm³/mol. The molecule has 0 spiro atoms. The van der Waals surface area contributed by atoms with Gasteiger partial charge in [0.1, 0.15) is 11.6 Å². The number of aromatic nitrogens is 4. The summed E-state index contributed by atoms with van der Waals surface area (Å²) in [6.07, 6.45) is 1.29. The average Bonchev–Trinajstić information content (AvgIpc) is 3.53. The van der Waals surface area contributed by atoms with Crippen LogP contribution in [0.25, 0.3) is 16.9 Å². The lowest BCUT2D eigenvalue weighted by atomic mass is 10.2. The topological polar surface area (TPSA) is 108 Å². The first-order chi connectivity index (χ1) is 17.4. The van der Waals surface area contributed by atoms with Gasteiger partial charge in [-0.05, 0) is 56.0 Å². The summed E-state index contributed by atoms with van der Waals surface area (Å²) in [5, 5.41) is 14.0. The van der Waals surface area contributed by atoms with Crippen molar-refractivity contribution in [3.05, 3.63) is 65.3 Å². The minimum absolute atomic E-state index is 0.320. The Bertz CT molecular complexity index is 1370. The van der Waals surface area contributed by atoms with Crippen molar-refractivity contribution in [3.8, 4) is 22.7 Å². The van der Waals surface area contributed by atoms with Crippen LogP contribution in [0.4, 0.5) is 5.13 Å². The van der Waals surface area contributed by atoms with Crippen molar-refractivity contribution in [2.75, 3.05) is 18.7 Å². The van der Waals surface area contributed by atoms with Crippen molar-refractivity contribution in [1.82, 2.24) is 19.7 Å². The monoisotopic (exact) mass is 523 g/mol. The van der Waals surface area contributed by atoms with Gasteiger partial charge in [0.05, 0.1) is 18.4 Å². The van der Waals surface area contributed by atoms with E-state index < -0.39 is 18.0 Å². The molecule has 0 fully saturated rings. The van der Waals surface area contributed by atoms with E-state index in [4.69, 9.17) is 9.47 Å². The Kier molecular flexibility index (Phi) is 8.01. The Morgan fingerprint density at radius 3 is 2.64 bits per heavy atom. The molecule has 2 aromatic heterocycles. The SMILES string of the molecule is CCC(OC(=O)c1ccc(-n2c(C)nnc2SC)cc1)C(=O)Nc1nc(-c2cccc(OC)c2)cs1. The molecule has 0 aliphatic rings. The molecule has 1 N–H and O–H groups in total. The maximum Gasteiger partial charge on any atom is 0.338 e. The van der Waals surface area contributed by atoms with Crippen molar-refractivity contribution in [1.29, 1.82) is 0 Å². The number of hydrogen-bond acceptors (Lipinski definition) is 9. The van der Waals surface area contributed by atoms with E-state index in [0.29, 0.717) is 22.8 Å². The molecule has 1 atom stereocenters. The highest BCUT2D eigenvalue weighted by molar-refractivity contribution is 7.98. The van der Waals surface area contributed by atoms with E-state index in [-0.39, 0.29) is 0 Å². The van der Waals surface area contributed by atoms with Crippen molar-refractivity contribution >= 4 is 40.1 Å². The molecule has 0 saturated carbocycles. The van der Waals surface area contributed by atoms with E-state index >= 15 is 0 Å². The number of aryl methyl sites for hydroxylation is 1. The first-order valence-corrected chi connectivity index (χ1v) is 13.2. The van der Waals surface area contributed by atoms with Crippen molar-refractivity contribution in [2.45, 2.75) is 31.5 Å². The second-order valence-electron chi connectivity index (χ2n) is 7.68. The van der Waals surface area contributed by atoms with Crippen LogP contribution in [0.5, 0.6) is 5.75 Å². The molecule has 0 aliphatic carbocycles. The van der Waals surface area contributed by atoms with E-state index in [1.807, 2.05) is 47.4 Å². The van der Waals surface area contributed by atoms with Gasteiger partial charge in [-0.3, -0.25) is 14.7 Å². The zero-order valence-corrected chi connectivity index (χ0v) is 21.9. The third-order valence-electron chi connectivity index (χ3n) is 5.35. The molecule has 9 nitrogen and oxygen atoms in total. The van der Waals surface area contributed by atoms with Crippen LogP contribution in [0.2, 0.25) is 0 Å². The predicted octanol–water partition coefficient (Wildman–Crippen LogP) is 5.00. The van der Waals surface area contributed by atoms with Crippen LogP contribution >= 0.6 is 23.1 Å². The van der Waals surface area contributed by atoms with Gasteiger partial charge >= 0.3 is 5.97 Å². The molecule has 0 saturated heterocycles. The fourth-order valence-electron chi connectivity index (χ4n) is 3.47. The van der Waals surface area contributed by atoms with Gasteiger partial charge in [0.2, 0.25) is 0 Å². The summed E-state index contributed by atoms with van der Waals surface area (Å²) in [4.78, 5) is 30.0. The van der Waals surface area contributed by atoms with Gasteiger partial charge in [-0.25, -0.2) is 9.78 Å². The molecule has 4 rings (SSSR count). The largest absolute Gasteiger partial charge is 0.497 e. The maximum absolute atomic E-state index is 12.8. The number of rotatable bonds is 9. The molecule has 36 heavy (non-hydrogen) atoms. The number of thioether (sulfide) groups is 1. The summed E-state index contributed by atoms with van der Waals surface area (Å²) in [5.74, 6) is 0.455. The number of methoxy groups -OCH3 is 1. The minimum Gasteiger partial charge on any atom is -0.497 e. The highest BCUT2D eigenvalue weighted by Gasteiger charge is 2.23. The van der Waals surface area contributed by atoms with Crippen LogP contribution in [0.1, 0.15) is 29.5 Å². The Morgan fingerprint density at radius 2 is 1.94 bits per heavy atom. The summed E-state index contributed by atoms with van der Waals surface area (Å²) in [6.45, 7) is 3.64. The number of esters is 1. The second-order valence-corrected chi connectivity index (χ2v) is 9.31. The second kappa shape index (κ2) is 11.4. The molecule has 4 aromatic rings. The summed E-state index contributed by atoms with van der Waals surface area (Å²) in [6, 6.07) is 14.4. The standard InChI is InChI=1S/C25H25N5O4S2/c1-5-21(22(31)27-24-26-20(14-36-24)17-7-6-8-19(13-17)33-3)34-23(32)16-9-11-18(12-10-16)30-15(2)28-29-25(30)35-4/h6-14,21H,5H2,1-4H3,(H,26,27,31). The summed E-state index contributed by atoms with van der Waals surface area (Å²) >= 11 is 2.78. The summed E-state index contributed by atoms with van der Waals surface area (Å²) in [7, 11) is 1.60. The fourth-order valence-corrected chi connectivity index (χ4v) is 4.74. The van der Waals surface area contributed by atoms with Gasteiger partial charge in [-0.2, -0.15) is 0 Å². The summed E-state index contributed by atoms with van der Waals surface area (Å²) < 4.78 is 12.7. The molecular formula is C25H25N5O4S2. The van der Waals surface area contributed by atoms with E-state index in [1.165, 1.54) is 23.1 Å². The molecule has 0 bridgehead atoms. The van der Waals surface area contributed by atoms with Gasteiger partial charge in [0, 0.05) is 16.6 Å². The molecule has 0 radical (unpaired) electrons. The van der Waals surface area contributed by atoms with Gasteiger partial charge in [-0.1, -0.05) is 30.8 Å². The van der Waals surface area contributed by atoms with Crippen LogP contribution in [0.3, 0.4) is 0 Å². The Labute approximate surface area is 216 Å². The molecule has 1 unspecified atom stereocenters. The Balaban J connectivity index is 1.41. The van der Waals surface area contributed by atoms with Gasteiger partial charge in [0.15, 0.2) is 16.4 Å². The molecule has 2 heterocycles. The van der Waals surface area contributed by atoms with Gasteiger partial charge in [0.25, 0.3) is 5.91 Å². The molecule has 1 amide bonds. The van der Waals surface area contributed by atoms with Crippen LogP contribution in [0, 0.1) is 6.92 Å². The third-order valence-corrected chi connectivity index (χ3v) is 6.74. The highest BCUT2D eigenvalue weighted by Crippen LogP contribution is 2.28. The van der Waals surface area contributed by atoms with Gasteiger partial charge in [-0.15, -0.1) is 21.5 Å². The van der Waals surface area contributed by atoms with E-state index in [0.717, 1.165) is 28.0 Å². The van der Waals surface area contributed by atoms with Crippen molar-refractivity contribution in [2.24, 2.45) is 0 Å². The highest BCUT2D eigenvalue weighted by atomic mass is 32.2. The normalized spacial score (nSPS) is 11.7. The van der Waals surface area contributed by atoms with Crippen LogP contribution < -0.4 is 10.1 Å². The Morgan fingerprint density at radius 1 is 1.17 bits per heavy atom. The lowest BCUT2D eigenvalue weighted by molar-refractivity contribution is -0.124. The number of carbonyl (C=O) groups is 2. The summed E-state index contributed by atoms with van der Waals surface area (Å²) in [5.41, 5.74) is 2.77. The molecule has 11 heteroatoms. The zero-order chi connectivity index (χ0) is 25.7.